The molecule has 72 valence electrons. The Morgan fingerprint density at radius 1 is 1.36 bits per heavy atom. The number of hydrogen-bond donors (Lipinski definition) is 0. The van der Waals surface area contributed by atoms with E-state index in [9.17, 15) is 4.79 Å². The lowest BCUT2D eigenvalue weighted by Gasteiger charge is -2.00. The molecular weight excluding hydrogens is 408 g/mol. The molecule has 2 rings (SSSR count). The smallest absolute Gasteiger partial charge is 0.346 e. The summed E-state index contributed by atoms with van der Waals surface area (Å²) in [5, 5.41) is 0.548. The van der Waals surface area contributed by atoms with Crippen molar-refractivity contribution < 1.29 is 4.42 Å². The number of rotatable bonds is 0. The van der Waals surface area contributed by atoms with E-state index in [0.717, 1.165) is 12.7 Å². The monoisotopic (exact) mass is 413 g/mol. The molecule has 5 heteroatoms. The summed E-state index contributed by atoms with van der Waals surface area (Å²) in [6, 6.07) is 3.77. The first kappa shape index (κ1) is 10.3. The van der Waals surface area contributed by atoms with E-state index in [2.05, 4.69) is 50.2 Å². The van der Waals surface area contributed by atoms with Crippen LogP contribution >= 0.6 is 45.2 Å². The molecule has 0 unspecified atom stereocenters. The molecule has 0 saturated heterocycles. The van der Waals surface area contributed by atoms with Crippen LogP contribution in [0, 0.1) is 14.1 Å². The first-order valence-corrected chi connectivity index (χ1v) is 6.00. The third kappa shape index (κ3) is 1.79. The van der Waals surface area contributed by atoms with Crippen LogP contribution in [0.1, 0.15) is 5.89 Å². The lowest BCUT2D eigenvalue weighted by atomic mass is 10.2. The maximum absolute atomic E-state index is 11.5. The van der Waals surface area contributed by atoms with Crippen molar-refractivity contribution in [1.29, 1.82) is 0 Å². The van der Waals surface area contributed by atoms with Crippen LogP contribution in [0.25, 0.3) is 10.9 Å². The van der Waals surface area contributed by atoms with Gasteiger partial charge < -0.3 is 4.42 Å². The van der Waals surface area contributed by atoms with Gasteiger partial charge in [-0.1, -0.05) is 0 Å². The Labute approximate surface area is 107 Å². The molecule has 1 heterocycles. The maximum Gasteiger partial charge on any atom is 0.346 e. The molecule has 0 spiro atoms. The van der Waals surface area contributed by atoms with E-state index in [1.165, 1.54) is 0 Å². The van der Waals surface area contributed by atoms with Crippen molar-refractivity contribution in [2.24, 2.45) is 0 Å². The Morgan fingerprint density at radius 3 is 2.79 bits per heavy atom. The summed E-state index contributed by atoms with van der Waals surface area (Å²) in [5.74, 6) is 0.404. The molecular formula is C9H5I2NO2. The molecule has 14 heavy (non-hydrogen) atoms. The largest absolute Gasteiger partial charge is 0.408 e. The molecule has 0 N–H and O–H groups in total. The zero-order chi connectivity index (χ0) is 10.3. The second-order valence-corrected chi connectivity index (χ2v) is 5.21. The fourth-order valence-corrected chi connectivity index (χ4v) is 3.17. The number of hydrogen-bond acceptors (Lipinski definition) is 3. The summed E-state index contributed by atoms with van der Waals surface area (Å²) in [6.45, 7) is 1.68. The summed E-state index contributed by atoms with van der Waals surface area (Å²) in [5.41, 5.74) is 0.406. The number of fused-ring (bicyclic) bond motifs is 1. The fourth-order valence-electron chi connectivity index (χ4n) is 1.20. The Balaban J connectivity index is 3.02. The molecule has 0 fully saturated rings. The van der Waals surface area contributed by atoms with Crippen LogP contribution in [-0.2, 0) is 0 Å². The molecule has 0 saturated carbocycles. The fraction of sp³-hybridized carbons (Fsp3) is 0.111. The van der Waals surface area contributed by atoms with Crippen LogP contribution < -0.4 is 5.63 Å². The second kappa shape index (κ2) is 3.76. The maximum atomic E-state index is 11.5. The minimum atomic E-state index is -0.316. The van der Waals surface area contributed by atoms with Gasteiger partial charge >= 0.3 is 5.63 Å². The van der Waals surface area contributed by atoms with E-state index in [1.54, 1.807) is 13.0 Å². The van der Waals surface area contributed by atoms with Crippen LogP contribution in [0.15, 0.2) is 21.3 Å². The van der Waals surface area contributed by atoms with Crippen LogP contribution in [0.3, 0.4) is 0 Å². The van der Waals surface area contributed by atoms with E-state index in [4.69, 9.17) is 4.42 Å². The van der Waals surface area contributed by atoms with Crippen molar-refractivity contribution >= 4 is 56.1 Å². The van der Waals surface area contributed by atoms with Gasteiger partial charge in [-0.2, -0.15) is 0 Å². The van der Waals surface area contributed by atoms with Crippen molar-refractivity contribution in [1.82, 2.24) is 4.98 Å². The summed E-state index contributed by atoms with van der Waals surface area (Å²) >= 11 is 4.33. The Bertz CT molecular complexity index is 562. The molecule has 3 nitrogen and oxygen atoms in total. The molecule has 0 bridgehead atoms. The van der Waals surface area contributed by atoms with Crippen LogP contribution in [-0.4, -0.2) is 4.98 Å². The highest BCUT2D eigenvalue weighted by Gasteiger charge is 2.07. The third-order valence-electron chi connectivity index (χ3n) is 1.76. The van der Waals surface area contributed by atoms with Gasteiger partial charge in [-0.3, -0.25) is 0 Å². The Hall–Kier alpha value is -0.180. The predicted octanol–water partition coefficient (Wildman–Crippen LogP) is 2.71. The topological polar surface area (TPSA) is 43.1 Å². The van der Waals surface area contributed by atoms with Gasteiger partial charge in [0.25, 0.3) is 0 Å². The van der Waals surface area contributed by atoms with Crippen molar-refractivity contribution in [3.8, 4) is 0 Å². The average Bonchev–Trinajstić information content (AvgIpc) is 2.07. The minimum Gasteiger partial charge on any atom is -0.408 e. The molecule has 0 aliphatic carbocycles. The quantitative estimate of drug-likeness (QED) is 0.625. The molecule has 2 aromatic rings. The zero-order valence-electron chi connectivity index (χ0n) is 7.17. The summed E-state index contributed by atoms with van der Waals surface area (Å²) in [7, 11) is 0. The highest BCUT2D eigenvalue weighted by molar-refractivity contribution is 14.1. The van der Waals surface area contributed by atoms with Crippen molar-refractivity contribution in [2.45, 2.75) is 6.92 Å². The van der Waals surface area contributed by atoms with Crippen molar-refractivity contribution in [3.63, 3.8) is 0 Å². The molecule has 0 aliphatic heterocycles. The summed E-state index contributed by atoms with van der Waals surface area (Å²) in [4.78, 5) is 15.7. The van der Waals surface area contributed by atoms with Gasteiger partial charge in [0, 0.05) is 14.1 Å². The lowest BCUT2D eigenvalue weighted by molar-refractivity contribution is 0.467. The van der Waals surface area contributed by atoms with Gasteiger partial charge in [-0.05, 0) is 57.3 Å². The Kier molecular flexibility index (Phi) is 2.78. The molecule has 0 amide bonds. The summed E-state index contributed by atoms with van der Waals surface area (Å²) in [6.07, 6.45) is 0. The van der Waals surface area contributed by atoms with Gasteiger partial charge in [0.15, 0.2) is 5.89 Å². The standard InChI is InChI=1S/C9H5I2NO2/c1-4-12-8-6(9(13)14-4)2-5(10)3-7(8)11/h2-3H,1H3. The number of aryl methyl sites for hydroxylation is 1. The lowest BCUT2D eigenvalue weighted by Crippen LogP contribution is -2.04. The number of halogens is 2. The van der Waals surface area contributed by atoms with E-state index in [1.807, 2.05) is 6.07 Å². The van der Waals surface area contributed by atoms with E-state index in [-0.39, 0.29) is 5.63 Å². The van der Waals surface area contributed by atoms with Gasteiger partial charge in [0.2, 0.25) is 0 Å². The SMILES string of the molecule is Cc1nc2c(I)cc(I)cc2c(=O)o1. The second-order valence-electron chi connectivity index (χ2n) is 2.80. The Morgan fingerprint density at radius 2 is 2.07 bits per heavy atom. The molecule has 1 aromatic carbocycles. The highest BCUT2D eigenvalue weighted by Crippen LogP contribution is 2.19. The summed E-state index contributed by atoms with van der Waals surface area (Å²) < 4.78 is 6.91. The van der Waals surface area contributed by atoms with Gasteiger partial charge in [-0.15, -0.1) is 0 Å². The molecule has 0 radical (unpaired) electrons. The first-order chi connectivity index (χ1) is 6.58. The van der Waals surface area contributed by atoms with Crippen molar-refractivity contribution in [2.75, 3.05) is 0 Å². The molecule has 0 aliphatic rings. The van der Waals surface area contributed by atoms with Gasteiger partial charge in [-0.25, -0.2) is 9.78 Å². The highest BCUT2D eigenvalue weighted by atomic mass is 127. The van der Waals surface area contributed by atoms with Crippen molar-refractivity contribution in [3.05, 3.63) is 35.6 Å². The van der Waals surface area contributed by atoms with Gasteiger partial charge in [0.05, 0.1) is 10.9 Å². The number of benzene rings is 1. The average molecular weight is 413 g/mol. The van der Waals surface area contributed by atoms with E-state index < -0.39 is 0 Å². The number of aromatic nitrogens is 1. The predicted molar refractivity (Wildman–Crippen MR) is 70.5 cm³/mol. The molecule has 0 atom stereocenters. The minimum absolute atomic E-state index is 0.316. The van der Waals surface area contributed by atoms with Crippen LogP contribution in [0.4, 0.5) is 0 Å². The van der Waals surface area contributed by atoms with E-state index in [0.29, 0.717) is 11.3 Å². The third-order valence-corrected chi connectivity index (χ3v) is 3.20. The zero-order valence-corrected chi connectivity index (χ0v) is 11.5. The van der Waals surface area contributed by atoms with Crippen LogP contribution in [0.5, 0.6) is 0 Å². The first-order valence-electron chi connectivity index (χ1n) is 3.84. The van der Waals surface area contributed by atoms with Crippen LogP contribution in [0.2, 0.25) is 0 Å². The number of nitrogens with zero attached hydrogens (tertiary/aromatic N) is 1. The normalized spacial score (nSPS) is 10.8. The molecule has 1 aromatic heterocycles. The van der Waals surface area contributed by atoms with Gasteiger partial charge in [0.1, 0.15) is 0 Å². The van der Waals surface area contributed by atoms with E-state index >= 15 is 0 Å².